The van der Waals surface area contributed by atoms with Gasteiger partial charge in [-0.05, 0) is 144 Å². The fourth-order valence-corrected chi connectivity index (χ4v) is 9.64. The Labute approximate surface area is 462 Å². The maximum absolute atomic E-state index is 13.1. The van der Waals surface area contributed by atoms with Gasteiger partial charge in [-0.15, -0.1) is 0 Å². The second-order valence-electron chi connectivity index (χ2n) is 18.1. The van der Waals surface area contributed by atoms with Crippen LogP contribution in [-0.2, 0) is 0 Å². The number of anilines is 6. The molecule has 0 atom stereocenters. The molecule has 0 bridgehead atoms. The largest absolute Gasteiger partial charge is 0.507 e. The van der Waals surface area contributed by atoms with Crippen LogP contribution in [0, 0.1) is 0 Å². The van der Waals surface area contributed by atoms with Crippen LogP contribution in [0.2, 0.25) is 0 Å². The first kappa shape index (κ1) is 62.5. The van der Waals surface area contributed by atoms with Gasteiger partial charge in [0.1, 0.15) is 34.4 Å². The van der Waals surface area contributed by atoms with E-state index in [1.165, 1.54) is 18.2 Å². The summed E-state index contributed by atoms with van der Waals surface area (Å²) in [6.07, 6.45) is 0. The molecule has 0 aliphatic heterocycles. The molecule has 0 aliphatic rings. The van der Waals surface area contributed by atoms with Crippen molar-refractivity contribution in [3.05, 3.63) is 143 Å². The van der Waals surface area contributed by atoms with Crippen molar-refractivity contribution in [3.63, 3.8) is 0 Å². The van der Waals surface area contributed by atoms with Crippen LogP contribution in [0.1, 0.15) is 131 Å². The molecule has 0 amide bonds. The number of benzene rings is 6. The quantitative estimate of drug-likeness (QED) is 0.0314. The van der Waals surface area contributed by atoms with Crippen molar-refractivity contribution >= 4 is 51.5 Å². The molecule has 0 heterocycles. The zero-order valence-corrected chi connectivity index (χ0v) is 48.0. The number of carbonyl (C=O) groups is 3. The second kappa shape index (κ2) is 30.0. The van der Waals surface area contributed by atoms with Crippen molar-refractivity contribution in [2.24, 2.45) is 0 Å². The van der Waals surface area contributed by atoms with Crippen molar-refractivity contribution < 1.29 is 45.0 Å². The van der Waals surface area contributed by atoms with Gasteiger partial charge >= 0.3 is 0 Å². The Bertz CT molecular complexity index is 2850. The molecule has 6 rings (SSSR count). The molecule has 15 nitrogen and oxygen atoms in total. The van der Waals surface area contributed by atoms with Gasteiger partial charge in [0, 0.05) is 96.4 Å². The van der Waals surface area contributed by atoms with Gasteiger partial charge in [-0.1, -0.05) is 36.4 Å². The number of rotatable bonds is 24. The number of para-hydroxylation sites is 3. The summed E-state index contributed by atoms with van der Waals surface area (Å²) < 4.78 is 0. The molecule has 6 aromatic rings. The standard InChI is InChI=1S/3C21H28N2O3/c1-5-22(6-2)15-13-17(23(7-3)8-4)20(19(25)14-15)21(26)16-11-9-10-12-18(16)24;1-5-22(6-2)17-13-16(20(25)14-18(17)23(7-3)8-4)21(26)15-11-9-10-12-19(15)24;1-5-22(6-2)17-14-13-16(21(26)19(17)23(7-3)8-4)20(25)15-11-9-10-12-18(15)24/h2*9-14,24-25H,5-8H2,1-4H3;9-14,24,26H,5-8H2,1-4H3. The first-order chi connectivity index (χ1) is 37.4. The number of phenolic OH excluding ortho intramolecular Hbond substituents is 6. The number of carbonyl (C=O) groups excluding carboxylic acids is 3. The number of aromatic hydroxyl groups is 6. The van der Waals surface area contributed by atoms with Crippen molar-refractivity contribution in [1.29, 1.82) is 0 Å². The van der Waals surface area contributed by atoms with Crippen LogP contribution >= 0.6 is 0 Å². The fraction of sp³-hybridized carbons (Fsp3) is 0.381. The van der Waals surface area contributed by atoms with Crippen LogP contribution in [0.15, 0.2) is 109 Å². The third kappa shape index (κ3) is 14.3. The van der Waals surface area contributed by atoms with E-state index in [0.29, 0.717) is 37.6 Å². The summed E-state index contributed by atoms with van der Waals surface area (Å²) in [7, 11) is 0. The minimum atomic E-state index is -0.389. The maximum atomic E-state index is 13.1. The smallest absolute Gasteiger partial charge is 0.202 e. The van der Waals surface area contributed by atoms with Gasteiger partial charge in [0.2, 0.25) is 17.3 Å². The lowest BCUT2D eigenvalue weighted by Gasteiger charge is -2.31. The number of nitrogens with zero attached hydrogens (tertiary/aromatic N) is 6. The van der Waals surface area contributed by atoms with E-state index in [1.54, 1.807) is 78.9 Å². The predicted octanol–water partition coefficient (Wildman–Crippen LogP) is 12.1. The zero-order valence-electron chi connectivity index (χ0n) is 48.0. The van der Waals surface area contributed by atoms with E-state index >= 15 is 0 Å². The second-order valence-corrected chi connectivity index (χ2v) is 18.1. The van der Waals surface area contributed by atoms with E-state index in [4.69, 9.17) is 0 Å². The van der Waals surface area contributed by atoms with Gasteiger partial charge in [0.05, 0.1) is 56.1 Å². The van der Waals surface area contributed by atoms with Gasteiger partial charge in [-0.3, -0.25) is 14.4 Å². The fourth-order valence-electron chi connectivity index (χ4n) is 9.64. The molecule has 0 fully saturated rings. The molecule has 6 N–H and O–H groups in total. The van der Waals surface area contributed by atoms with Crippen molar-refractivity contribution in [3.8, 4) is 34.5 Å². The number of phenols is 6. The molecule has 0 spiro atoms. The molecular weight excluding hydrogens is 985 g/mol. The highest BCUT2D eigenvalue weighted by Gasteiger charge is 2.27. The van der Waals surface area contributed by atoms with Crippen LogP contribution < -0.4 is 29.4 Å². The van der Waals surface area contributed by atoms with Crippen molar-refractivity contribution in [2.45, 2.75) is 83.1 Å². The Morgan fingerprint density at radius 1 is 0.308 bits per heavy atom. The van der Waals surface area contributed by atoms with Gasteiger partial charge in [0.25, 0.3) is 0 Å². The molecule has 0 saturated carbocycles. The number of hydrogen-bond donors (Lipinski definition) is 6. The maximum Gasteiger partial charge on any atom is 0.202 e. The highest BCUT2D eigenvalue weighted by Crippen LogP contribution is 2.43. The summed E-state index contributed by atoms with van der Waals surface area (Å²) in [4.78, 5) is 51.6. The average Bonchev–Trinajstić information content (AvgIpc) is 3.44. The van der Waals surface area contributed by atoms with Crippen LogP contribution in [0.5, 0.6) is 34.5 Å². The van der Waals surface area contributed by atoms with E-state index in [2.05, 4.69) is 75.0 Å². The summed E-state index contributed by atoms with van der Waals surface area (Å²) in [5.41, 5.74) is 6.14. The van der Waals surface area contributed by atoms with Gasteiger partial charge in [0.15, 0.2) is 5.75 Å². The topological polar surface area (TPSA) is 192 Å². The minimum Gasteiger partial charge on any atom is -0.507 e. The van der Waals surface area contributed by atoms with Crippen LogP contribution in [0.4, 0.5) is 34.1 Å². The van der Waals surface area contributed by atoms with E-state index in [1.807, 2.05) is 49.6 Å². The molecule has 0 unspecified atom stereocenters. The van der Waals surface area contributed by atoms with E-state index in [-0.39, 0.29) is 85.2 Å². The summed E-state index contributed by atoms with van der Waals surface area (Å²) in [6.45, 7) is 33.8. The summed E-state index contributed by atoms with van der Waals surface area (Å²) in [5, 5.41) is 62.3. The van der Waals surface area contributed by atoms with E-state index in [0.717, 1.165) is 75.1 Å². The lowest BCUT2D eigenvalue weighted by Crippen LogP contribution is -2.28. The molecular formula is C63H84N6O9. The van der Waals surface area contributed by atoms with Crippen molar-refractivity contribution in [2.75, 3.05) is 108 Å². The Morgan fingerprint density at radius 2 is 0.667 bits per heavy atom. The highest BCUT2D eigenvalue weighted by molar-refractivity contribution is 6.16. The lowest BCUT2D eigenvalue weighted by molar-refractivity contribution is 0.102. The van der Waals surface area contributed by atoms with Crippen LogP contribution in [0.25, 0.3) is 0 Å². The molecule has 15 heteroatoms. The summed E-state index contributed by atoms with van der Waals surface area (Å²) in [6, 6.07) is 29.7. The van der Waals surface area contributed by atoms with Crippen LogP contribution in [0.3, 0.4) is 0 Å². The lowest BCUT2D eigenvalue weighted by atomic mass is 9.98. The summed E-state index contributed by atoms with van der Waals surface area (Å²) in [5.74, 6) is -1.60. The Balaban J connectivity index is 0.000000252. The molecule has 6 aromatic carbocycles. The van der Waals surface area contributed by atoms with Crippen molar-refractivity contribution in [1.82, 2.24) is 0 Å². The predicted molar refractivity (Wildman–Crippen MR) is 320 cm³/mol. The molecule has 0 aromatic heterocycles. The highest BCUT2D eigenvalue weighted by atomic mass is 16.3. The zero-order chi connectivity index (χ0) is 57.8. The third-order valence-corrected chi connectivity index (χ3v) is 14.1. The minimum absolute atomic E-state index is 0.0358. The number of ketones is 3. The third-order valence-electron chi connectivity index (χ3n) is 14.1. The molecule has 0 radical (unpaired) electrons. The Kier molecular flexibility index (Phi) is 24.0. The van der Waals surface area contributed by atoms with E-state index in [9.17, 15) is 45.0 Å². The first-order valence-electron chi connectivity index (χ1n) is 27.5. The molecule has 0 saturated heterocycles. The molecule has 0 aliphatic carbocycles. The van der Waals surface area contributed by atoms with Gasteiger partial charge in [-0.25, -0.2) is 0 Å². The average molecular weight is 1070 g/mol. The normalized spacial score (nSPS) is 10.6. The SMILES string of the molecule is CCN(CC)c1cc(O)c(C(=O)c2ccccc2O)c(N(CC)CC)c1.CCN(CC)c1cc(O)c(C(=O)c2ccccc2O)cc1N(CC)CC.CCN(CC)c1ccc(C(=O)c2ccccc2O)c(O)c1N(CC)CC. The first-order valence-corrected chi connectivity index (χ1v) is 27.5. The summed E-state index contributed by atoms with van der Waals surface area (Å²) >= 11 is 0. The Morgan fingerprint density at radius 3 is 1.08 bits per heavy atom. The van der Waals surface area contributed by atoms with E-state index < -0.39 is 0 Å². The molecule has 78 heavy (non-hydrogen) atoms. The number of hydrogen-bond acceptors (Lipinski definition) is 15. The monoisotopic (exact) mass is 1070 g/mol. The van der Waals surface area contributed by atoms with Gasteiger partial charge in [-0.2, -0.15) is 0 Å². The van der Waals surface area contributed by atoms with Gasteiger partial charge < -0.3 is 60.0 Å². The van der Waals surface area contributed by atoms with Crippen LogP contribution in [-0.4, -0.2) is 127 Å². The molecule has 420 valence electrons. The Hall–Kier alpha value is -8.07.